The highest BCUT2D eigenvalue weighted by Crippen LogP contribution is 2.20. The molecule has 0 fully saturated rings. The number of nitrogens with zero attached hydrogens (tertiary/aromatic N) is 4. The summed E-state index contributed by atoms with van der Waals surface area (Å²) in [5.41, 5.74) is 2.07. The van der Waals surface area contributed by atoms with Crippen LogP contribution in [0.2, 0.25) is 0 Å². The third-order valence-electron chi connectivity index (χ3n) is 3.97. The van der Waals surface area contributed by atoms with E-state index in [9.17, 15) is 13.2 Å². The molecule has 0 unspecified atom stereocenters. The summed E-state index contributed by atoms with van der Waals surface area (Å²) in [6.07, 6.45) is 2.64. The van der Waals surface area contributed by atoms with Crippen LogP contribution in [0.4, 0.5) is 0 Å². The largest absolute Gasteiger partial charge is 0.361 e. The molecular weight excluding hydrogens is 344 g/mol. The number of rotatable bonds is 4. The van der Waals surface area contributed by atoms with Crippen molar-refractivity contribution in [3.63, 3.8) is 0 Å². The number of carbonyl (C=O) groups excluding carboxylic acids is 1. The highest BCUT2D eigenvalue weighted by Gasteiger charge is 2.25. The maximum Gasteiger partial charge on any atom is 0.274 e. The number of aromatic nitrogens is 3. The van der Waals surface area contributed by atoms with Gasteiger partial charge in [0.05, 0.1) is 17.8 Å². The SMILES string of the molecule is Cc1noc(C)c1CN(C)C(=O)c1nc(S(C)(=O)=O)n2ccccc12. The molecular formula is C16H18N4O4S. The van der Waals surface area contributed by atoms with Crippen LogP contribution in [0.3, 0.4) is 0 Å². The molecule has 3 rings (SSSR count). The van der Waals surface area contributed by atoms with E-state index in [0.29, 0.717) is 23.5 Å². The molecule has 8 nitrogen and oxygen atoms in total. The average Bonchev–Trinajstić information content (AvgIpc) is 3.09. The second-order valence-corrected chi connectivity index (χ2v) is 7.84. The minimum Gasteiger partial charge on any atom is -0.361 e. The molecule has 3 heterocycles. The second-order valence-electron chi connectivity index (χ2n) is 5.93. The molecule has 0 N–H and O–H groups in total. The monoisotopic (exact) mass is 362 g/mol. The van der Waals surface area contributed by atoms with Gasteiger partial charge in [0, 0.05) is 25.1 Å². The van der Waals surface area contributed by atoms with Crippen LogP contribution in [0.15, 0.2) is 34.1 Å². The Morgan fingerprint density at radius 2 is 2.04 bits per heavy atom. The zero-order valence-corrected chi connectivity index (χ0v) is 15.2. The molecule has 0 aliphatic heterocycles. The van der Waals surface area contributed by atoms with Crippen LogP contribution in [-0.4, -0.2) is 47.1 Å². The number of sulfone groups is 1. The van der Waals surface area contributed by atoms with E-state index in [1.54, 1.807) is 45.3 Å². The molecule has 0 aromatic carbocycles. The van der Waals surface area contributed by atoms with Crippen molar-refractivity contribution in [2.75, 3.05) is 13.3 Å². The third kappa shape index (κ3) is 3.02. The zero-order valence-electron chi connectivity index (χ0n) is 14.3. The van der Waals surface area contributed by atoms with E-state index < -0.39 is 9.84 Å². The van der Waals surface area contributed by atoms with E-state index in [0.717, 1.165) is 11.8 Å². The van der Waals surface area contributed by atoms with Gasteiger partial charge >= 0.3 is 0 Å². The average molecular weight is 362 g/mol. The lowest BCUT2D eigenvalue weighted by Crippen LogP contribution is -2.27. The van der Waals surface area contributed by atoms with E-state index in [2.05, 4.69) is 10.1 Å². The van der Waals surface area contributed by atoms with Gasteiger partial charge in [-0.15, -0.1) is 0 Å². The standard InChI is InChI=1S/C16H18N4O4S/c1-10-12(11(2)24-18-10)9-19(3)15(21)14-13-7-5-6-8-20(13)16(17-14)25(4,22)23/h5-8H,9H2,1-4H3. The Bertz CT molecular complexity index is 1050. The van der Waals surface area contributed by atoms with Gasteiger partial charge in [-0.05, 0) is 26.0 Å². The summed E-state index contributed by atoms with van der Waals surface area (Å²) in [5, 5.41) is 3.72. The third-order valence-corrected chi connectivity index (χ3v) is 4.92. The molecule has 0 radical (unpaired) electrons. The second kappa shape index (κ2) is 5.99. The first kappa shape index (κ1) is 17.2. The first-order valence-corrected chi connectivity index (χ1v) is 9.43. The molecule has 9 heteroatoms. The predicted octanol–water partition coefficient (Wildman–Crippen LogP) is 1.61. The number of fused-ring (bicyclic) bond motifs is 1. The van der Waals surface area contributed by atoms with Gasteiger partial charge in [-0.1, -0.05) is 11.2 Å². The zero-order chi connectivity index (χ0) is 18.4. The highest BCUT2D eigenvalue weighted by atomic mass is 32.2. The van der Waals surface area contributed by atoms with Crippen molar-refractivity contribution in [2.24, 2.45) is 0 Å². The van der Waals surface area contributed by atoms with Crippen LogP contribution in [0.25, 0.3) is 5.52 Å². The Morgan fingerprint density at radius 1 is 1.32 bits per heavy atom. The molecule has 0 bridgehead atoms. The summed E-state index contributed by atoms with van der Waals surface area (Å²) in [4.78, 5) is 18.4. The van der Waals surface area contributed by atoms with Crippen molar-refractivity contribution in [3.8, 4) is 0 Å². The molecule has 0 aliphatic rings. The molecule has 0 atom stereocenters. The number of aryl methyl sites for hydroxylation is 2. The number of pyridine rings is 1. The quantitative estimate of drug-likeness (QED) is 0.699. The minimum atomic E-state index is -3.58. The maximum absolute atomic E-state index is 12.9. The van der Waals surface area contributed by atoms with Gasteiger partial charge in [0.25, 0.3) is 5.91 Å². The molecule has 25 heavy (non-hydrogen) atoms. The van der Waals surface area contributed by atoms with E-state index in [-0.39, 0.29) is 16.8 Å². The van der Waals surface area contributed by atoms with E-state index in [1.807, 2.05) is 0 Å². The van der Waals surface area contributed by atoms with Gasteiger partial charge in [0.1, 0.15) is 5.76 Å². The van der Waals surface area contributed by atoms with E-state index in [1.165, 1.54) is 9.30 Å². The summed E-state index contributed by atoms with van der Waals surface area (Å²) in [5.74, 6) is 0.266. The number of amides is 1. The fourth-order valence-electron chi connectivity index (χ4n) is 2.65. The van der Waals surface area contributed by atoms with Gasteiger partial charge in [-0.25, -0.2) is 13.4 Å². The van der Waals surface area contributed by atoms with Crippen LogP contribution >= 0.6 is 0 Å². The first-order chi connectivity index (χ1) is 11.7. The van der Waals surface area contributed by atoms with Gasteiger partial charge in [-0.3, -0.25) is 9.20 Å². The highest BCUT2D eigenvalue weighted by molar-refractivity contribution is 7.90. The van der Waals surface area contributed by atoms with Crippen molar-refractivity contribution in [1.29, 1.82) is 0 Å². The lowest BCUT2D eigenvalue weighted by Gasteiger charge is -2.15. The fourth-order valence-corrected chi connectivity index (χ4v) is 3.42. The number of hydrogen-bond acceptors (Lipinski definition) is 6. The summed E-state index contributed by atoms with van der Waals surface area (Å²) in [6, 6.07) is 5.08. The van der Waals surface area contributed by atoms with Gasteiger partial charge in [0.15, 0.2) is 5.69 Å². The maximum atomic E-state index is 12.9. The fraction of sp³-hybridized carbons (Fsp3) is 0.312. The predicted molar refractivity (Wildman–Crippen MR) is 90.1 cm³/mol. The topological polar surface area (TPSA) is 97.8 Å². The Morgan fingerprint density at radius 3 is 2.64 bits per heavy atom. The first-order valence-electron chi connectivity index (χ1n) is 7.54. The molecule has 132 valence electrons. The van der Waals surface area contributed by atoms with Crippen molar-refractivity contribution >= 4 is 21.3 Å². The Labute approximate surface area is 145 Å². The number of hydrogen-bond donors (Lipinski definition) is 0. The Kier molecular flexibility index (Phi) is 4.11. The van der Waals surface area contributed by atoms with Crippen LogP contribution in [0, 0.1) is 13.8 Å². The Balaban J connectivity index is 2.03. The summed E-state index contributed by atoms with van der Waals surface area (Å²) in [6.45, 7) is 3.87. The summed E-state index contributed by atoms with van der Waals surface area (Å²) in [7, 11) is -1.95. The molecule has 0 saturated carbocycles. The smallest absolute Gasteiger partial charge is 0.274 e. The normalized spacial score (nSPS) is 11.8. The van der Waals surface area contributed by atoms with Gasteiger partial charge in [0.2, 0.25) is 15.0 Å². The summed E-state index contributed by atoms with van der Waals surface area (Å²) < 4.78 is 30.5. The van der Waals surface area contributed by atoms with E-state index >= 15 is 0 Å². The van der Waals surface area contributed by atoms with Crippen molar-refractivity contribution in [1.82, 2.24) is 19.4 Å². The van der Waals surface area contributed by atoms with Gasteiger partial charge in [-0.2, -0.15) is 0 Å². The lowest BCUT2D eigenvalue weighted by atomic mass is 10.2. The van der Waals surface area contributed by atoms with Crippen molar-refractivity contribution in [2.45, 2.75) is 25.5 Å². The number of imidazole rings is 1. The summed E-state index contributed by atoms with van der Waals surface area (Å²) >= 11 is 0. The molecule has 0 saturated heterocycles. The Hall–Kier alpha value is -2.68. The number of carbonyl (C=O) groups is 1. The molecule has 1 amide bonds. The molecule has 3 aromatic rings. The van der Waals surface area contributed by atoms with Crippen molar-refractivity contribution in [3.05, 3.63) is 47.1 Å². The molecule has 0 spiro atoms. The minimum absolute atomic E-state index is 0.0929. The molecule has 3 aromatic heterocycles. The van der Waals surface area contributed by atoms with E-state index in [4.69, 9.17) is 4.52 Å². The van der Waals surface area contributed by atoms with Gasteiger partial charge < -0.3 is 9.42 Å². The lowest BCUT2D eigenvalue weighted by molar-refractivity contribution is 0.0781. The van der Waals surface area contributed by atoms with Crippen LogP contribution in [0.1, 0.15) is 27.5 Å². The van der Waals surface area contributed by atoms with Crippen LogP contribution < -0.4 is 0 Å². The molecule has 0 aliphatic carbocycles. The van der Waals surface area contributed by atoms with Crippen LogP contribution in [-0.2, 0) is 16.4 Å². The van der Waals surface area contributed by atoms with Crippen molar-refractivity contribution < 1.29 is 17.7 Å². The van der Waals surface area contributed by atoms with Crippen LogP contribution in [0.5, 0.6) is 0 Å².